The first-order valence-corrected chi connectivity index (χ1v) is 9.73. The van der Waals surface area contributed by atoms with Crippen molar-refractivity contribution in [1.29, 1.82) is 0 Å². The SMILES string of the molecule is Cc1ccc(/C=C/S(=O)(=O)NCC(=O)OCC(=O)Nc2cccc(F)c2)cc1. The van der Waals surface area contributed by atoms with Crippen LogP contribution in [0.15, 0.2) is 53.9 Å². The topological polar surface area (TPSA) is 102 Å². The summed E-state index contributed by atoms with van der Waals surface area (Å²) in [5.74, 6) is -2.13. The number of halogens is 1. The number of anilines is 1. The van der Waals surface area contributed by atoms with Gasteiger partial charge in [-0.05, 0) is 36.8 Å². The Hall–Kier alpha value is -3.04. The van der Waals surface area contributed by atoms with Crippen molar-refractivity contribution in [2.24, 2.45) is 0 Å². The summed E-state index contributed by atoms with van der Waals surface area (Å²) >= 11 is 0. The molecule has 0 bridgehead atoms. The number of hydrogen-bond donors (Lipinski definition) is 2. The second kappa shape index (κ2) is 9.77. The molecule has 2 aromatic rings. The maximum absolute atomic E-state index is 13.0. The van der Waals surface area contributed by atoms with E-state index >= 15 is 0 Å². The van der Waals surface area contributed by atoms with E-state index in [4.69, 9.17) is 0 Å². The van der Waals surface area contributed by atoms with Crippen LogP contribution in [-0.2, 0) is 24.3 Å². The van der Waals surface area contributed by atoms with Crippen LogP contribution in [0.25, 0.3) is 6.08 Å². The number of ether oxygens (including phenoxy) is 1. The summed E-state index contributed by atoms with van der Waals surface area (Å²) in [6.45, 7) is 0.653. The van der Waals surface area contributed by atoms with E-state index in [2.05, 4.69) is 14.8 Å². The van der Waals surface area contributed by atoms with Gasteiger partial charge >= 0.3 is 5.97 Å². The zero-order valence-electron chi connectivity index (χ0n) is 15.0. The summed E-state index contributed by atoms with van der Waals surface area (Å²) in [6, 6.07) is 12.4. The quantitative estimate of drug-likeness (QED) is 0.655. The van der Waals surface area contributed by atoms with Crippen molar-refractivity contribution in [3.63, 3.8) is 0 Å². The van der Waals surface area contributed by atoms with Crippen LogP contribution in [0.3, 0.4) is 0 Å². The Labute approximate surface area is 162 Å². The van der Waals surface area contributed by atoms with E-state index in [1.165, 1.54) is 24.3 Å². The number of carbonyl (C=O) groups excluding carboxylic acids is 2. The molecular weight excluding hydrogens is 387 g/mol. The molecule has 2 rings (SSSR count). The molecule has 0 aromatic heterocycles. The van der Waals surface area contributed by atoms with Gasteiger partial charge in [0.2, 0.25) is 10.0 Å². The summed E-state index contributed by atoms with van der Waals surface area (Å²) in [5, 5.41) is 3.28. The molecular formula is C19H19FN2O5S. The molecule has 0 spiro atoms. The highest BCUT2D eigenvalue weighted by molar-refractivity contribution is 7.92. The van der Waals surface area contributed by atoms with Gasteiger partial charge in [0.15, 0.2) is 6.61 Å². The third-order valence-corrected chi connectivity index (χ3v) is 4.45. The van der Waals surface area contributed by atoms with Crippen LogP contribution in [0.4, 0.5) is 10.1 Å². The normalized spacial score (nSPS) is 11.4. The Morgan fingerprint density at radius 2 is 1.86 bits per heavy atom. The van der Waals surface area contributed by atoms with Crippen LogP contribution in [0.5, 0.6) is 0 Å². The molecule has 0 aliphatic rings. The molecule has 0 aliphatic heterocycles. The van der Waals surface area contributed by atoms with Crippen LogP contribution in [-0.4, -0.2) is 33.4 Å². The number of sulfonamides is 1. The van der Waals surface area contributed by atoms with Crippen LogP contribution >= 0.6 is 0 Å². The molecule has 148 valence electrons. The van der Waals surface area contributed by atoms with Crippen molar-refractivity contribution < 1.29 is 27.1 Å². The fraction of sp³-hybridized carbons (Fsp3) is 0.158. The number of aryl methyl sites for hydroxylation is 1. The fourth-order valence-electron chi connectivity index (χ4n) is 2.01. The van der Waals surface area contributed by atoms with E-state index < -0.39 is 40.9 Å². The summed E-state index contributed by atoms with van der Waals surface area (Å²) in [7, 11) is -3.85. The molecule has 0 heterocycles. The number of benzene rings is 2. The minimum absolute atomic E-state index is 0.211. The van der Waals surface area contributed by atoms with Gasteiger partial charge in [0.05, 0.1) is 0 Å². The van der Waals surface area contributed by atoms with Crippen LogP contribution in [0.2, 0.25) is 0 Å². The van der Waals surface area contributed by atoms with Gasteiger partial charge in [-0.25, -0.2) is 17.5 Å². The van der Waals surface area contributed by atoms with Crippen molar-refractivity contribution in [2.45, 2.75) is 6.92 Å². The molecule has 2 aromatic carbocycles. The summed E-state index contributed by atoms with van der Waals surface area (Å²) in [4.78, 5) is 23.3. The first-order chi connectivity index (χ1) is 13.2. The molecule has 28 heavy (non-hydrogen) atoms. The number of esters is 1. The van der Waals surface area contributed by atoms with E-state index in [-0.39, 0.29) is 5.69 Å². The highest BCUT2D eigenvalue weighted by Gasteiger charge is 2.12. The highest BCUT2D eigenvalue weighted by Crippen LogP contribution is 2.09. The number of nitrogens with one attached hydrogen (secondary N) is 2. The van der Waals surface area contributed by atoms with E-state index in [0.29, 0.717) is 5.56 Å². The fourth-order valence-corrected chi connectivity index (χ4v) is 2.77. The Morgan fingerprint density at radius 3 is 2.54 bits per heavy atom. The predicted octanol–water partition coefficient (Wildman–Crippen LogP) is 2.21. The van der Waals surface area contributed by atoms with Crippen LogP contribution in [0, 0.1) is 12.7 Å². The van der Waals surface area contributed by atoms with Gasteiger partial charge in [-0.15, -0.1) is 0 Å². The molecule has 9 heteroatoms. The molecule has 0 aliphatic carbocycles. The Kier molecular flexibility index (Phi) is 7.42. The van der Waals surface area contributed by atoms with E-state index in [9.17, 15) is 22.4 Å². The van der Waals surface area contributed by atoms with Gasteiger partial charge in [-0.3, -0.25) is 9.59 Å². The molecule has 1 amide bonds. The van der Waals surface area contributed by atoms with Gasteiger partial charge in [-0.1, -0.05) is 35.9 Å². The van der Waals surface area contributed by atoms with Crippen molar-refractivity contribution >= 4 is 33.7 Å². The number of rotatable bonds is 8. The highest BCUT2D eigenvalue weighted by atomic mass is 32.2. The lowest BCUT2D eigenvalue weighted by Crippen LogP contribution is -2.31. The lowest BCUT2D eigenvalue weighted by atomic mass is 10.2. The predicted molar refractivity (Wildman–Crippen MR) is 103 cm³/mol. The number of carbonyl (C=O) groups is 2. The zero-order valence-corrected chi connectivity index (χ0v) is 15.8. The molecule has 0 unspecified atom stereocenters. The van der Waals surface area contributed by atoms with Gasteiger partial charge < -0.3 is 10.1 Å². The lowest BCUT2D eigenvalue weighted by molar-refractivity contribution is -0.146. The average Bonchev–Trinajstić information content (AvgIpc) is 2.64. The van der Waals surface area contributed by atoms with Crippen molar-refractivity contribution in [3.8, 4) is 0 Å². The first kappa shape index (κ1) is 21.3. The maximum Gasteiger partial charge on any atom is 0.321 e. The molecule has 0 radical (unpaired) electrons. The lowest BCUT2D eigenvalue weighted by Gasteiger charge is -2.07. The molecule has 0 saturated carbocycles. The maximum atomic E-state index is 13.0. The van der Waals surface area contributed by atoms with Crippen molar-refractivity contribution in [2.75, 3.05) is 18.5 Å². The molecule has 2 N–H and O–H groups in total. The summed E-state index contributed by atoms with van der Waals surface area (Å²) in [5.41, 5.74) is 1.94. The summed E-state index contributed by atoms with van der Waals surface area (Å²) < 4.78 is 43.5. The third kappa shape index (κ3) is 7.68. The van der Waals surface area contributed by atoms with Crippen LogP contribution < -0.4 is 10.0 Å². The molecule has 0 saturated heterocycles. The standard InChI is InChI=1S/C19H19FN2O5S/c1-14-5-7-15(8-6-14)9-10-28(25,26)21-12-19(24)27-13-18(23)22-17-4-2-3-16(20)11-17/h2-11,21H,12-13H2,1H3,(H,22,23)/b10-9+. The number of amides is 1. The smallest absolute Gasteiger partial charge is 0.321 e. The number of hydrogen-bond acceptors (Lipinski definition) is 5. The first-order valence-electron chi connectivity index (χ1n) is 8.19. The second-order valence-electron chi connectivity index (χ2n) is 5.80. The van der Waals surface area contributed by atoms with Gasteiger partial charge in [-0.2, -0.15) is 0 Å². The van der Waals surface area contributed by atoms with E-state index in [1.54, 1.807) is 12.1 Å². The van der Waals surface area contributed by atoms with Crippen molar-refractivity contribution in [1.82, 2.24) is 4.72 Å². The van der Waals surface area contributed by atoms with Crippen molar-refractivity contribution in [3.05, 3.63) is 70.9 Å². The van der Waals surface area contributed by atoms with E-state index in [1.807, 2.05) is 19.1 Å². The van der Waals surface area contributed by atoms with Gasteiger partial charge in [0.1, 0.15) is 12.4 Å². The Morgan fingerprint density at radius 1 is 1.14 bits per heavy atom. The monoisotopic (exact) mass is 406 g/mol. The Bertz CT molecular complexity index is 972. The third-order valence-electron chi connectivity index (χ3n) is 3.41. The van der Waals surface area contributed by atoms with Gasteiger partial charge in [0, 0.05) is 11.1 Å². The minimum atomic E-state index is -3.85. The molecule has 0 atom stereocenters. The molecule has 7 nitrogen and oxygen atoms in total. The van der Waals surface area contributed by atoms with Crippen LogP contribution in [0.1, 0.15) is 11.1 Å². The molecule has 0 fully saturated rings. The average molecular weight is 406 g/mol. The Balaban J connectivity index is 1.76. The van der Waals surface area contributed by atoms with E-state index in [0.717, 1.165) is 17.0 Å². The largest absolute Gasteiger partial charge is 0.455 e. The van der Waals surface area contributed by atoms with Gasteiger partial charge in [0.25, 0.3) is 5.91 Å². The summed E-state index contributed by atoms with van der Waals surface area (Å²) in [6.07, 6.45) is 1.39. The minimum Gasteiger partial charge on any atom is -0.455 e. The zero-order chi connectivity index (χ0) is 20.6. The second-order valence-corrected chi connectivity index (χ2v) is 7.45.